The third kappa shape index (κ3) is 12.8. The van der Waals surface area contributed by atoms with Gasteiger partial charge in [0.1, 0.15) is 34.7 Å². The van der Waals surface area contributed by atoms with Crippen molar-refractivity contribution in [1.29, 1.82) is 10.7 Å². The van der Waals surface area contributed by atoms with E-state index >= 15 is 0 Å². The first-order chi connectivity index (χ1) is 22.9. The smallest absolute Gasteiger partial charge is 0.270 e. The van der Waals surface area contributed by atoms with Gasteiger partial charge in [0, 0.05) is 49.9 Å². The van der Waals surface area contributed by atoms with Gasteiger partial charge in [0.25, 0.3) is 11.1 Å². The van der Waals surface area contributed by atoms with Crippen LogP contribution >= 0.6 is 11.6 Å². The number of carbonyl (C=O) groups excluding carboxylic acids is 2. The average molecular weight is 725 g/mol. The van der Waals surface area contributed by atoms with Gasteiger partial charge < -0.3 is 11.5 Å². The van der Waals surface area contributed by atoms with Crippen molar-refractivity contribution in [3.8, 4) is 6.07 Å². The minimum atomic E-state index is -0.467. The van der Waals surface area contributed by atoms with Crippen molar-refractivity contribution >= 4 is 28.6 Å². The molecule has 4 aromatic rings. The number of nitriles is 1. The van der Waals surface area contributed by atoms with E-state index in [1.807, 2.05) is 53.7 Å². The highest BCUT2D eigenvalue weighted by atomic mass is 35.5. The molecule has 0 aliphatic heterocycles. The van der Waals surface area contributed by atoms with Gasteiger partial charge in [0.15, 0.2) is 0 Å². The Kier molecular flexibility index (Phi) is 14.3. The average Bonchev–Trinajstić information content (AvgIpc) is 3.73. The fraction of sp³-hybridized carbons (Fsp3) is 0.556. The first-order valence-corrected chi connectivity index (χ1v) is 16.7. The lowest BCUT2D eigenvalue weighted by Crippen LogP contribution is -2.15. The number of nitrogens with zero attached hydrogens (tertiary/aromatic N) is 9. The van der Waals surface area contributed by atoms with Crippen LogP contribution in [0.25, 0.3) is 0 Å². The molecule has 0 unspecified atom stereocenters. The normalized spacial score (nSPS) is 11.6. The topological polar surface area (TPSA) is 205 Å². The quantitative estimate of drug-likeness (QED) is 0.139. The number of amides is 1. The molecule has 0 spiro atoms. The second-order valence-corrected chi connectivity index (χ2v) is 16.7. The van der Waals surface area contributed by atoms with Crippen LogP contribution in [0.1, 0.15) is 138 Å². The van der Waals surface area contributed by atoms with Gasteiger partial charge in [-0.3, -0.25) is 33.7 Å². The lowest BCUT2D eigenvalue weighted by atomic mass is 9.92. The zero-order chi connectivity index (χ0) is 40.0. The van der Waals surface area contributed by atoms with E-state index in [-0.39, 0.29) is 27.5 Å². The van der Waals surface area contributed by atoms with Crippen molar-refractivity contribution in [2.75, 3.05) is 0 Å². The number of rotatable bonds is 3. The van der Waals surface area contributed by atoms with Gasteiger partial charge in [-0.2, -0.15) is 25.7 Å². The second-order valence-electron chi connectivity index (χ2n) is 16.3. The number of nitrogens with two attached hydrogens (primary N) is 2. The van der Waals surface area contributed by atoms with Gasteiger partial charge in [-0.25, -0.2) is 0 Å². The number of amidine groups is 1. The fourth-order valence-electron chi connectivity index (χ4n) is 4.11. The molecule has 4 heterocycles. The molecule has 0 aliphatic rings. The molecule has 5 N–H and O–H groups in total. The molecular weight excluding hydrogens is 668 g/mol. The number of hydrogen-bond donors (Lipinski definition) is 3. The van der Waals surface area contributed by atoms with Crippen molar-refractivity contribution < 1.29 is 9.59 Å². The molecule has 0 fully saturated rings. The summed E-state index contributed by atoms with van der Waals surface area (Å²) in [6.07, 6.45) is 0. The Morgan fingerprint density at radius 2 is 0.902 bits per heavy atom. The highest BCUT2D eigenvalue weighted by Gasteiger charge is 2.22. The Morgan fingerprint density at radius 1 is 0.608 bits per heavy atom. The molecule has 0 aliphatic carbocycles. The van der Waals surface area contributed by atoms with Gasteiger partial charge in [-0.05, 0) is 35.9 Å². The highest BCUT2D eigenvalue weighted by Crippen LogP contribution is 2.23. The molecule has 0 aromatic carbocycles. The number of nitrogens with one attached hydrogen (secondary N) is 1. The van der Waals surface area contributed by atoms with Gasteiger partial charge in [0.2, 0.25) is 0 Å². The minimum absolute atomic E-state index is 0.00542. The third-order valence-electron chi connectivity index (χ3n) is 7.44. The summed E-state index contributed by atoms with van der Waals surface area (Å²) in [4.78, 5) is 21.8. The lowest BCUT2D eigenvalue weighted by Gasteiger charge is -2.13. The van der Waals surface area contributed by atoms with E-state index in [1.165, 1.54) is 9.36 Å². The minimum Gasteiger partial charge on any atom is -0.382 e. The standard InChI is InChI=1S/C9H13ClN2O.C9H16N4.C9H15N3O.C9H13N3/c1-9(2,3)7-5-6(8(10)13)12(4)11-7;1-9(2,3)7-5-6(8(10)11)13(4)12-7;1-9(2,3)7-5-6(8(10)13)12(4)11-7;1-9(2,3)8-5-7(6-10)12(4)11-8/h5H,1-4H3;5H,1-4H3,(H3,10,11);5H,1-4H3,(H2,10,13);5H,1-4H3. The molecule has 15 heteroatoms. The summed E-state index contributed by atoms with van der Waals surface area (Å²) in [5.74, 6) is -0.379. The molecule has 4 aromatic heterocycles. The Hall–Kier alpha value is -4.77. The molecule has 0 bridgehead atoms. The predicted octanol–water partition coefficient (Wildman–Crippen LogP) is 5.50. The molecule has 0 radical (unpaired) electrons. The first kappa shape index (κ1) is 44.3. The summed E-state index contributed by atoms with van der Waals surface area (Å²) >= 11 is 5.37. The maximum absolute atomic E-state index is 10.9. The summed E-state index contributed by atoms with van der Waals surface area (Å²) in [6, 6.07) is 9.25. The Labute approximate surface area is 307 Å². The van der Waals surface area contributed by atoms with E-state index in [0.29, 0.717) is 22.8 Å². The maximum Gasteiger partial charge on any atom is 0.270 e. The number of aryl methyl sites for hydroxylation is 4. The number of hydrogen-bond acceptors (Lipinski definition) is 8. The van der Waals surface area contributed by atoms with Crippen LogP contribution in [0.3, 0.4) is 0 Å². The van der Waals surface area contributed by atoms with Crippen LogP contribution in [0.15, 0.2) is 24.3 Å². The van der Waals surface area contributed by atoms with Gasteiger partial charge in [-0.15, -0.1) is 0 Å². The van der Waals surface area contributed by atoms with E-state index in [4.69, 9.17) is 33.7 Å². The summed E-state index contributed by atoms with van der Waals surface area (Å²) in [7, 11) is 7.01. The van der Waals surface area contributed by atoms with Crippen molar-refractivity contribution in [2.45, 2.75) is 105 Å². The number of halogens is 1. The van der Waals surface area contributed by atoms with Crippen LogP contribution in [-0.2, 0) is 49.9 Å². The van der Waals surface area contributed by atoms with Crippen LogP contribution in [0.5, 0.6) is 0 Å². The van der Waals surface area contributed by atoms with Crippen LogP contribution in [0, 0.1) is 16.7 Å². The van der Waals surface area contributed by atoms with Crippen LogP contribution in [0.2, 0.25) is 0 Å². The maximum atomic E-state index is 10.9. The molecular formula is C36H57ClN12O2. The predicted molar refractivity (Wildman–Crippen MR) is 202 cm³/mol. The van der Waals surface area contributed by atoms with E-state index in [1.54, 1.807) is 49.7 Å². The van der Waals surface area contributed by atoms with E-state index in [9.17, 15) is 9.59 Å². The van der Waals surface area contributed by atoms with Crippen LogP contribution in [-0.4, -0.2) is 56.1 Å². The Balaban J connectivity index is 0.000000340. The summed E-state index contributed by atoms with van der Waals surface area (Å²) in [5, 5.41) is 32.5. The van der Waals surface area contributed by atoms with Crippen molar-refractivity contribution in [2.24, 2.45) is 39.7 Å². The monoisotopic (exact) mass is 724 g/mol. The van der Waals surface area contributed by atoms with Crippen molar-refractivity contribution in [1.82, 2.24) is 39.1 Å². The number of carbonyl (C=O) groups is 2. The number of aromatic nitrogens is 8. The number of primary amides is 1. The molecule has 0 saturated carbocycles. The largest absolute Gasteiger partial charge is 0.382 e. The highest BCUT2D eigenvalue weighted by molar-refractivity contribution is 6.67. The zero-order valence-corrected chi connectivity index (χ0v) is 33.9. The second kappa shape index (κ2) is 16.5. The molecule has 280 valence electrons. The van der Waals surface area contributed by atoms with Gasteiger partial charge >= 0.3 is 0 Å². The molecule has 14 nitrogen and oxygen atoms in total. The molecule has 0 saturated heterocycles. The van der Waals surface area contributed by atoms with Gasteiger partial charge in [-0.1, -0.05) is 83.1 Å². The molecule has 1 amide bonds. The molecule has 51 heavy (non-hydrogen) atoms. The van der Waals surface area contributed by atoms with E-state index in [0.717, 1.165) is 22.8 Å². The number of nitrogen functional groups attached to an aromatic ring is 1. The lowest BCUT2D eigenvalue weighted by molar-refractivity contribution is 0.0990. The summed E-state index contributed by atoms with van der Waals surface area (Å²) in [5.41, 5.74) is 16.3. The van der Waals surface area contributed by atoms with Crippen LogP contribution < -0.4 is 11.5 Å². The van der Waals surface area contributed by atoms with Crippen molar-refractivity contribution in [3.63, 3.8) is 0 Å². The van der Waals surface area contributed by atoms with Gasteiger partial charge in [0.05, 0.1) is 22.8 Å². The first-order valence-electron chi connectivity index (χ1n) is 16.3. The van der Waals surface area contributed by atoms with Crippen molar-refractivity contribution in [3.05, 3.63) is 69.8 Å². The summed E-state index contributed by atoms with van der Waals surface area (Å²) < 4.78 is 6.28. The Morgan fingerprint density at radius 3 is 1.10 bits per heavy atom. The summed E-state index contributed by atoms with van der Waals surface area (Å²) in [6.45, 7) is 24.7. The third-order valence-corrected chi connectivity index (χ3v) is 7.63. The molecule has 4 rings (SSSR count). The van der Waals surface area contributed by atoms with E-state index < -0.39 is 11.1 Å². The SMILES string of the molecule is Cn1nc(C(C)(C)C)cc1C#N.Cn1nc(C(C)(C)C)cc1C(=N)N.Cn1nc(C(C)(C)C)cc1C(=O)Cl.Cn1nc(C(C)(C)C)cc1C(N)=O. The Bertz CT molecular complexity index is 1710. The zero-order valence-electron chi connectivity index (χ0n) is 33.2. The molecule has 0 atom stereocenters. The van der Waals surface area contributed by atoms with E-state index in [2.05, 4.69) is 68.0 Å². The fourth-order valence-corrected chi connectivity index (χ4v) is 4.28. The van der Waals surface area contributed by atoms with Crippen LogP contribution in [0.4, 0.5) is 0 Å².